The Morgan fingerprint density at radius 2 is 1.85 bits per heavy atom. The van der Waals surface area contributed by atoms with Gasteiger partial charge in [-0.25, -0.2) is 0 Å². The monoisotopic (exact) mass is 289 g/mol. The van der Waals surface area contributed by atoms with Crippen LogP contribution >= 0.6 is 11.6 Å². The highest BCUT2D eigenvalue weighted by atomic mass is 35.5. The number of halogens is 1. The maximum atomic E-state index is 5.95. The predicted molar refractivity (Wildman–Crippen MR) is 85.4 cm³/mol. The summed E-state index contributed by atoms with van der Waals surface area (Å²) in [5.41, 5.74) is 2.35. The maximum Gasteiger partial charge on any atom is 0.0718 e. The highest BCUT2D eigenvalue weighted by Gasteiger charge is 2.03. The molecule has 0 N–H and O–H groups in total. The van der Waals surface area contributed by atoms with E-state index < -0.39 is 0 Å². The highest BCUT2D eigenvalue weighted by Crippen LogP contribution is 2.13. The largest absolute Gasteiger partial charge is 0.375 e. The lowest BCUT2D eigenvalue weighted by Crippen LogP contribution is -2.26. The maximum absolute atomic E-state index is 5.95. The average Bonchev–Trinajstić information content (AvgIpc) is 2.48. The van der Waals surface area contributed by atoms with Crippen LogP contribution in [-0.4, -0.2) is 19.7 Å². The zero-order valence-corrected chi connectivity index (χ0v) is 12.5. The zero-order chi connectivity index (χ0) is 14.2. The molecule has 0 atom stereocenters. The van der Waals surface area contributed by atoms with Crippen molar-refractivity contribution in [3.63, 3.8) is 0 Å². The van der Waals surface area contributed by atoms with E-state index in [1.165, 1.54) is 5.69 Å². The van der Waals surface area contributed by atoms with Gasteiger partial charge in [0.2, 0.25) is 0 Å². The number of anilines is 1. The van der Waals surface area contributed by atoms with Crippen molar-refractivity contribution >= 4 is 17.3 Å². The third-order valence-corrected chi connectivity index (χ3v) is 3.40. The first kappa shape index (κ1) is 14.9. The third-order valence-electron chi connectivity index (χ3n) is 3.17. The van der Waals surface area contributed by atoms with Crippen molar-refractivity contribution < 1.29 is 4.74 Å². The van der Waals surface area contributed by atoms with Gasteiger partial charge >= 0.3 is 0 Å². The molecular formula is C17H20ClNO. The Kier molecular flexibility index (Phi) is 5.90. The Morgan fingerprint density at radius 1 is 1.05 bits per heavy atom. The van der Waals surface area contributed by atoms with Gasteiger partial charge in [-0.3, -0.25) is 0 Å². The molecule has 0 aliphatic heterocycles. The first-order chi connectivity index (χ1) is 9.79. The van der Waals surface area contributed by atoms with E-state index >= 15 is 0 Å². The fourth-order valence-corrected chi connectivity index (χ4v) is 2.31. The summed E-state index contributed by atoms with van der Waals surface area (Å²) in [6.45, 7) is 5.33. The number of benzene rings is 2. The second kappa shape index (κ2) is 7.93. The van der Waals surface area contributed by atoms with E-state index in [2.05, 4.69) is 36.1 Å². The van der Waals surface area contributed by atoms with E-state index in [0.717, 1.165) is 23.7 Å². The number of hydrogen-bond donors (Lipinski definition) is 0. The molecule has 0 unspecified atom stereocenters. The minimum atomic E-state index is 0.604. The second-order valence-electron chi connectivity index (χ2n) is 4.60. The van der Waals surface area contributed by atoms with E-state index in [1.54, 1.807) is 0 Å². The van der Waals surface area contributed by atoms with Gasteiger partial charge in [0.15, 0.2) is 0 Å². The molecule has 20 heavy (non-hydrogen) atoms. The summed E-state index contributed by atoms with van der Waals surface area (Å²) in [5.74, 6) is 0. The van der Waals surface area contributed by atoms with Crippen LogP contribution in [0.4, 0.5) is 5.69 Å². The van der Waals surface area contributed by atoms with Crippen LogP contribution in [0, 0.1) is 0 Å². The topological polar surface area (TPSA) is 12.5 Å². The Labute approximate surface area is 125 Å². The lowest BCUT2D eigenvalue weighted by molar-refractivity contribution is 0.127. The lowest BCUT2D eigenvalue weighted by Gasteiger charge is -2.22. The van der Waals surface area contributed by atoms with Crippen molar-refractivity contribution in [3.05, 3.63) is 65.2 Å². The van der Waals surface area contributed by atoms with Crippen LogP contribution in [0.3, 0.4) is 0 Å². The molecule has 2 rings (SSSR count). The molecule has 0 radical (unpaired) electrons. The van der Waals surface area contributed by atoms with Gasteiger partial charge in [-0.2, -0.15) is 0 Å². The summed E-state index contributed by atoms with van der Waals surface area (Å²) in [5, 5.41) is 0.755. The van der Waals surface area contributed by atoms with Crippen LogP contribution in [0.5, 0.6) is 0 Å². The molecule has 0 aromatic heterocycles. The third kappa shape index (κ3) is 4.55. The summed E-state index contributed by atoms with van der Waals surface area (Å²) in [6.07, 6.45) is 0. The van der Waals surface area contributed by atoms with Gasteiger partial charge in [-0.1, -0.05) is 41.9 Å². The van der Waals surface area contributed by atoms with Gasteiger partial charge in [-0.15, -0.1) is 0 Å². The second-order valence-corrected chi connectivity index (χ2v) is 5.03. The van der Waals surface area contributed by atoms with Crippen LogP contribution in [0.15, 0.2) is 54.6 Å². The molecule has 0 amide bonds. The highest BCUT2D eigenvalue weighted by molar-refractivity contribution is 6.30. The molecule has 2 aromatic rings. The van der Waals surface area contributed by atoms with Crippen molar-refractivity contribution in [2.75, 3.05) is 24.6 Å². The average molecular weight is 290 g/mol. The number of hydrogen-bond acceptors (Lipinski definition) is 2. The standard InChI is InChI=1S/C17H20ClNO/c1-2-19(17-9-4-3-5-10-17)11-12-20-14-15-7-6-8-16(18)13-15/h3-10,13H,2,11-12,14H2,1H3. The molecule has 0 heterocycles. The molecule has 3 heteroatoms. The van der Waals surface area contributed by atoms with Crippen molar-refractivity contribution in [2.45, 2.75) is 13.5 Å². The number of para-hydroxylation sites is 1. The summed E-state index contributed by atoms with van der Waals surface area (Å²) < 4.78 is 5.73. The number of likely N-dealkylation sites (N-methyl/N-ethyl adjacent to an activating group) is 1. The SMILES string of the molecule is CCN(CCOCc1cccc(Cl)c1)c1ccccc1. The van der Waals surface area contributed by atoms with Crippen molar-refractivity contribution in [1.29, 1.82) is 0 Å². The van der Waals surface area contributed by atoms with Crippen LogP contribution in [0.2, 0.25) is 5.02 Å². The van der Waals surface area contributed by atoms with Crippen molar-refractivity contribution in [2.24, 2.45) is 0 Å². The van der Waals surface area contributed by atoms with Crippen LogP contribution in [0.1, 0.15) is 12.5 Å². The van der Waals surface area contributed by atoms with E-state index in [-0.39, 0.29) is 0 Å². The minimum absolute atomic E-state index is 0.604. The quantitative estimate of drug-likeness (QED) is 0.701. The number of nitrogens with zero attached hydrogens (tertiary/aromatic N) is 1. The zero-order valence-electron chi connectivity index (χ0n) is 11.8. The van der Waals surface area contributed by atoms with Crippen LogP contribution < -0.4 is 4.90 Å². The van der Waals surface area contributed by atoms with E-state index in [1.807, 2.05) is 30.3 Å². The first-order valence-electron chi connectivity index (χ1n) is 6.92. The summed E-state index contributed by atoms with van der Waals surface area (Å²) >= 11 is 5.95. The lowest BCUT2D eigenvalue weighted by atomic mass is 10.2. The summed E-state index contributed by atoms with van der Waals surface area (Å²) in [6, 6.07) is 18.2. The molecule has 0 saturated carbocycles. The van der Waals surface area contributed by atoms with Gasteiger partial charge in [0.1, 0.15) is 0 Å². The first-order valence-corrected chi connectivity index (χ1v) is 7.29. The normalized spacial score (nSPS) is 10.5. The fraction of sp³-hybridized carbons (Fsp3) is 0.294. The summed E-state index contributed by atoms with van der Waals surface area (Å²) in [7, 11) is 0. The minimum Gasteiger partial charge on any atom is -0.375 e. The van der Waals surface area contributed by atoms with Gasteiger partial charge in [0.25, 0.3) is 0 Å². The Hall–Kier alpha value is -1.51. The van der Waals surface area contributed by atoms with Crippen molar-refractivity contribution in [3.8, 4) is 0 Å². The Bertz CT molecular complexity index is 515. The molecule has 0 spiro atoms. The molecule has 0 bridgehead atoms. The molecule has 0 saturated heterocycles. The molecule has 0 aliphatic carbocycles. The Morgan fingerprint density at radius 3 is 2.55 bits per heavy atom. The molecule has 106 valence electrons. The summed E-state index contributed by atoms with van der Waals surface area (Å²) in [4.78, 5) is 2.30. The van der Waals surface area contributed by atoms with E-state index in [4.69, 9.17) is 16.3 Å². The molecule has 2 nitrogen and oxygen atoms in total. The van der Waals surface area contributed by atoms with E-state index in [0.29, 0.717) is 13.2 Å². The smallest absolute Gasteiger partial charge is 0.0718 e. The van der Waals surface area contributed by atoms with Gasteiger partial charge in [0.05, 0.1) is 13.2 Å². The predicted octanol–water partition coefficient (Wildman–Crippen LogP) is 4.38. The number of ether oxygens (including phenoxy) is 1. The molecule has 0 aliphatic rings. The number of rotatable bonds is 7. The Balaban J connectivity index is 1.77. The van der Waals surface area contributed by atoms with E-state index in [9.17, 15) is 0 Å². The van der Waals surface area contributed by atoms with Gasteiger partial charge in [0, 0.05) is 23.8 Å². The molecular weight excluding hydrogens is 270 g/mol. The molecule has 2 aromatic carbocycles. The van der Waals surface area contributed by atoms with Gasteiger partial charge < -0.3 is 9.64 Å². The molecule has 0 fully saturated rings. The van der Waals surface area contributed by atoms with Crippen molar-refractivity contribution in [1.82, 2.24) is 0 Å². The van der Waals surface area contributed by atoms with Crippen LogP contribution in [0.25, 0.3) is 0 Å². The fourth-order valence-electron chi connectivity index (χ4n) is 2.10. The van der Waals surface area contributed by atoms with Crippen LogP contribution in [-0.2, 0) is 11.3 Å². The van der Waals surface area contributed by atoms with Gasteiger partial charge in [-0.05, 0) is 36.8 Å².